The van der Waals surface area contributed by atoms with Gasteiger partial charge in [0.15, 0.2) is 0 Å². The van der Waals surface area contributed by atoms with E-state index in [2.05, 4.69) is 4.98 Å². The van der Waals surface area contributed by atoms with E-state index in [-0.39, 0.29) is 6.10 Å². The third kappa shape index (κ3) is 2.54. The highest BCUT2D eigenvalue weighted by atomic mass is 35.5. The van der Waals surface area contributed by atoms with Crippen LogP contribution in [0.5, 0.6) is 0 Å². The van der Waals surface area contributed by atoms with Crippen LogP contribution >= 0.6 is 11.6 Å². The lowest BCUT2D eigenvalue weighted by molar-refractivity contribution is -0.0628. The molecule has 3 N–H and O–H groups in total. The third-order valence-corrected chi connectivity index (χ3v) is 3.61. The summed E-state index contributed by atoms with van der Waals surface area (Å²) in [6, 6.07) is 1.70. The van der Waals surface area contributed by atoms with Crippen LogP contribution in [-0.4, -0.2) is 23.3 Å². The zero-order chi connectivity index (χ0) is 12.5. The molecule has 2 unspecified atom stereocenters. The highest BCUT2D eigenvalue weighted by Gasteiger charge is 2.37. The molecule has 2 rings (SSSR count). The summed E-state index contributed by atoms with van der Waals surface area (Å²) in [5.41, 5.74) is 5.47. The van der Waals surface area contributed by atoms with Crippen molar-refractivity contribution in [3.8, 4) is 0 Å². The average Bonchev–Trinajstić information content (AvgIpc) is 2.32. The lowest BCUT2D eigenvalue weighted by Crippen LogP contribution is -2.36. The zero-order valence-corrected chi connectivity index (χ0v) is 10.6. The van der Waals surface area contributed by atoms with Crippen LogP contribution in [0.2, 0.25) is 5.02 Å². The van der Waals surface area contributed by atoms with Crippen molar-refractivity contribution in [2.24, 2.45) is 0 Å². The van der Waals surface area contributed by atoms with Crippen LogP contribution in [0.1, 0.15) is 31.2 Å². The number of nitrogens with zero attached hydrogens (tertiary/aromatic N) is 1. The first kappa shape index (κ1) is 12.6. The SMILES string of the molecule is COC1CCCC(O)(c2cc(Cl)cnc2N)C1. The molecule has 17 heavy (non-hydrogen) atoms. The van der Waals surface area contributed by atoms with E-state index in [1.54, 1.807) is 13.2 Å². The standard InChI is InChI=1S/C12H17ClN2O2/c1-17-9-3-2-4-12(16,6-9)10-5-8(13)7-15-11(10)14/h5,7,9,16H,2-4,6H2,1H3,(H2,14,15). The highest BCUT2D eigenvalue weighted by molar-refractivity contribution is 6.30. The molecule has 1 aliphatic carbocycles. The van der Waals surface area contributed by atoms with Crippen molar-refractivity contribution in [3.05, 3.63) is 22.8 Å². The van der Waals surface area contributed by atoms with Gasteiger partial charge in [0.25, 0.3) is 0 Å². The molecule has 0 amide bonds. The summed E-state index contributed by atoms with van der Waals surface area (Å²) < 4.78 is 5.32. The van der Waals surface area contributed by atoms with Crippen molar-refractivity contribution >= 4 is 17.4 Å². The van der Waals surface area contributed by atoms with Gasteiger partial charge in [0.05, 0.1) is 16.7 Å². The first-order chi connectivity index (χ1) is 8.05. The fourth-order valence-electron chi connectivity index (χ4n) is 2.47. The maximum absolute atomic E-state index is 10.7. The fraction of sp³-hybridized carbons (Fsp3) is 0.583. The van der Waals surface area contributed by atoms with E-state index >= 15 is 0 Å². The lowest BCUT2D eigenvalue weighted by atomic mass is 9.78. The molecule has 0 aliphatic heterocycles. The van der Waals surface area contributed by atoms with Gasteiger partial charge in [0, 0.05) is 25.3 Å². The minimum atomic E-state index is -0.971. The predicted molar refractivity (Wildman–Crippen MR) is 66.8 cm³/mol. The van der Waals surface area contributed by atoms with Crippen LogP contribution in [0.3, 0.4) is 0 Å². The van der Waals surface area contributed by atoms with Crippen LogP contribution in [0, 0.1) is 0 Å². The zero-order valence-electron chi connectivity index (χ0n) is 9.82. The van der Waals surface area contributed by atoms with Gasteiger partial charge in [-0.2, -0.15) is 0 Å². The Morgan fingerprint density at radius 2 is 2.41 bits per heavy atom. The normalized spacial score (nSPS) is 29.2. The molecule has 1 saturated carbocycles. The van der Waals surface area contributed by atoms with Crippen molar-refractivity contribution in [2.75, 3.05) is 12.8 Å². The van der Waals surface area contributed by atoms with E-state index in [1.165, 1.54) is 6.20 Å². The molecule has 0 radical (unpaired) electrons. The number of hydrogen-bond acceptors (Lipinski definition) is 4. The molecule has 4 nitrogen and oxygen atoms in total. The number of aromatic nitrogens is 1. The van der Waals surface area contributed by atoms with E-state index in [0.717, 1.165) is 12.8 Å². The van der Waals surface area contributed by atoms with Crippen LogP contribution < -0.4 is 5.73 Å². The Labute approximate surface area is 106 Å². The molecule has 1 aliphatic rings. The smallest absolute Gasteiger partial charge is 0.129 e. The summed E-state index contributed by atoms with van der Waals surface area (Å²) in [4.78, 5) is 3.99. The maximum Gasteiger partial charge on any atom is 0.129 e. The van der Waals surface area contributed by atoms with E-state index < -0.39 is 5.60 Å². The van der Waals surface area contributed by atoms with Crippen molar-refractivity contribution in [3.63, 3.8) is 0 Å². The summed E-state index contributed by atoms with van der Waals surface area (Å²) in [5.74, 6) is 0.341. The molecule has 1 aromatic heterocycles. The van der Waals surface area contributed by atoms with Gasteiger partial charge in [0.2, 0.25) is 0 Å². The van der Waals surface area contributed by atoms with E-state index in [1.807, 2.05) is 0 Å². The topological polar surface area (TPSA) is 68.4 Å². The molecule has 0 saturated heterocycles. The Kier molecular flexibility index (Phi) is 3.56. The molecule has 0 aromatic carbocycles. The van der Waals surface area contributed by atoms with E-state index in [9.17, 15) is 5.11 Å². The number of ether oxygens (including phenoxy) is 1. The van der Waals surface area contributed by atoms with Gasteiger partial charge >= 0.3 is 0 Å². The van der Waals surface area contributed by atoms with Gasteiger partial charge in [-0.25, -0.2) is 4.98 Å². The number of anilines is 1. The molecular formula is C12H17ClN2O2. The molecule has 0 spiro atoms. The molecule has 1 aromatic rings. The van der Waals surface area contributed by atoms with Crippen LogP contribution in [0.4, 0.5) is 5.82 Å². The monoisotopic (exact) mass is 256 g/mol. The molecule has 0 bridgehead atoms. The Balaban J connectivity index is 2.33. The summed E-state index contributed by atoms with van der Waals surface area (Å²) in [6.45, 7) is 0. The first-order valence-electron chi connectivity index (χ1n) is 5.72. The number of nitrogens with two attached hydrogens (primary N) is 1. The van der Waals surface area contributed by atoms with Gasteiger partial charge < -0.3 is 15.6 Å². The van der Waals surface area contributed by atoms with Gasteiger partial charge in [-0.3, -0.25) is 0 Å². The second-order valence-electron chi connectivity index (χ2n) is 4.57. The molecular weight excluding hydrogens is 240 g/mol. The third-order valence-electron chi connectivity index (χ3n) is 3.40. The molecule has 5 heteroatoms. The van der Waals surface area contributed by atoms with Gasteiger partial charge in [0.1, 0.15) is 5.82 Å². The van der Waals surface area contributed by atoms with Gasteiger partial charge in [-0.05, 0) is 25.3 Å². The van der Waals surface area contributed by atoms with Gasteiger partial charge in [-0.1, -0.05) is 11.6 Å². The minimum Gasteiger partial charge on any atom is -0.385 e. The van der Waals surface area contributed by atoms with Gasteiger partial charge in [-0.15, -0.1) is 0 Å². The largest absolute Gasteiger partial charge is 0.385 e. The quantitative estimate of drug-likeness (QED) is 0.850. The van der Waals surface area contributed by atoms with E-state index in [0.29, 0.717) is 29.2 Å². The van der Waals surface area contributed by atoms with Crippen molar-refractivity contribution in [1.29, 1.82) is 0 Å². The van der Waals surface area contributed by atoms with E-state index in [4.69, 9.17) is 22.1 Å². The summed E-state index contributed by atoms with van der Waals surface area (Å²) in [7, 11) is 1.66. The van der Waals surface area contributed by atoms with Crippen LogP contribution in [-0.2, 0) is 10.3 Å². The highest BCUT2D eigenvalue weighted by Crippen LogP contribution is 2.40. The molecule has 94 valence electrons. The van der Waals surface area contributed by atoms with Crippen molar-refractivity contribution in [2.45, 2.75) is 37.4 Å². The number of nitrogen functional groups attached to an aromatic ring is 1. The number of halogens is 1. The number of methoxy groups -OCH3 is 1. The number of rotatable bonds is 2. The molecule has 2 atom stereocenters. The minimum absolute atomic E-state index is 0.0622. The Morgan fingerprint density at radius 1 is 1.65 bits per heavy atom. The second-order valence-corrected chi connectivity index (χ2v) is 5.01. The lowest BCUT2D eigenvalue weighted by Gasteiger charge is -2.36. The van der Waals surface area contributed by atoms with Crippen molar-refractivity contribution < 1.29 is 9.84 Å². The van der Waals surface area contributed by atoms with Crippen molar-refractivity contribution in [1.82, 2.24) is 4.98 Å². The number of aliphatic hydroxyl groups is 1. The summed E-state index contributed by atoms with van der Waals surface area (Å²) in [6.07, 6.45) is 4.62. The maximum atomic E-state index is 10.7. The predicted octanol–water partition coefficient (Wildman–Crippen LogP) is 2.09. The second kappa shape index (κ2) is 4.80. The van der Waals surface area contributed by atoms with Crippen LogP contribution in [0.15, 0.2) is 12.3 Å². The summed E-state index contributed by atoms with van der Waals surface area (Å²) >= 11 is 5.91. The summed E-state index contributed by atoms with van der Waals surface area (Å²) in [5, 5.41) is 11.2. The average molecular weight is 257 g/mol. The number of pyridine rings is 1. The van der Waals surface area contributed by atoms with Crippen LogP contribution in [0.25, 0.3) is 0 Å². The molecule has 1 fully saturated rings. The Hall–Kier alpha value is -0.840. The number of hydrogen-bond donors (Lipinski definition) is 2. The Bertz CT molecular complexity index is 413. The molecule has 1 heterocycles. The fourth-order valence-corrected chi connectivity index (χ4v) is 2.63. The Morgan fingerprint density at radius 3 is 3.12 bits per heavy atom. The first-order valence-corrected chi connectivity index (χ1v) is 6.09.